The van der Waals surface area contributed by atoms with Crippen LogP contribution in [0.15, 0.2) is 18.2 Å². The Morgan fingerprint density at radius 2 is 2.12 bits per heavy atom. The van der Waals surface area contributed by atoms with Gasteiger partial charge in [-0.3, -0.25) is 0 Å². The number of rotatable bonds is 4. The summed E-state index contributed by atoms with van der Waals surface area (Å²) in [4.78, 5) is 6.71. The van der Waals surface area contributed by atoms with Crippen molar-refractivity contribution in [1.82, 2.24) is 4.98 Å². The maximum atomic E-state index is 5.57. The second-order valence-electron chi connectivity index (χ2n) is 8.63. The highest BCUT2D eigenvalue weighted by molar-refractivity contribution is 7.13. The largest absolute Gasteiger partial charge is 0.381 e. The van der Waals surface area contributed by atoms with E-state index < -0.39 is 0 Å². The lowest BCUT2D eigenvalue weighted by Gasteiger charge is -2.49. The van der Waals surface area contributed by atoms with Gasteiger partial charge in [0.1, 0.15) is 0 Å². The molecule has 2 unspecified atom stereocenters. The zero-order valence-corrected chi connectivity index (χ0v) is 17.5. The topological polar surface area (TPSA) is 22.1 Å². The van der Waals surface area contributed by atoms with Gasteiger partial charge in [-0.05, 0) is 68.3 Å². The highest BCUT2D eigenvalue weighted by atomic mass is 32.1. The van der Waals surface area contributed by atoms with Crippen LogP contribution in [-0.4, -0.2) is 18.2 Å². The Bertz CT molecular complexity index is 712. The molecule has 1 aromatic heterocycles. The molecule has 0 N–H and O–H groups in total. The molecule has 2 aliphatic carbocycles. The Hall–Kier alpha value is -0.930. The van der Waals surface area contributed by atoms with Crippen LogP contribution in [0.4, 0.5) is 0 Å². The summed E-state index contributed by atoms with van der Waals surface area (Å²) in [6.07, 6.45) is 10.9. The first-order valence-corrected chi connectivity index (χ1v) is 11.3. The van der Waals surface area contributed by atoms with Crippen molar-refractivity contribution in [2.75, 3.05) is 13.2 Å². The minimum atomic E-state index is 0.336. The van der Waals surface area contributed by atoms with Gasteiger partial charge in [0.25, 0.3) is 0 Å². The maximum Gasteiger partial charge on any atom is 0.0967 e. The smallest absolute Gasteiger partial charge is 0.0967 e. The quantitative estimate of drug-likeness (QED) is 0.572. The number of allylic oxidation sites excluding steroid dienone is 3. The van der Waals surface area contributed by atoms with Gasteiger partial charge in [-0.25, -0.2) is 4.98 Å². The van der Waals surface area contributed by atoms with E-state index in [9.17, 15) is 0 Å². The van der Waals surface area contributed by atoms with Gasteiger partial charge in [0.2, 0.25) is 0 Å². The summed E-state index contributed by atoms with van der Waals surface area (Å²) in [6.45, 7) is 13.1. The molecule has 0 amide bonds. The normalized spacial score (nSPS) is 31.9. The Labute approximate surface area is 162 Å². The lowest BCUT2D eigenvalue weighted by molar-refractivity contribution is 0.0852. The van der Waals surface area contributed by atoms with Crippen molar-refractivity contribution in [3.63, 3.8) is 0 Å². The van der Waals surface area contributed by atoms with Crippen LogP contribution in [0.1, 0.15) is 80.8 Å². The lowest BCUT2D eigenvalue weighted by Crippen LogP contribution is -2.40. The van der Waals surface area contributed by atoms with Crippen LogP contribution < -0.4 is 0 Å². The fourth-order valence-electron chi connectivity index (χ4n) is 5.60. The summed E-state index contributed by atoms with van der Waals surface area (Å²) in [7, 11) is 0. The number of ether oxygens (including phenoxy) is 1. The first-order chi connectivity index (χ1) is 12.6. The van der Waals surface area contributed by atoms with Crippen molar-refractivity contribution in [3.8, 4) is 0 Å². The van der Waals surface area contributed by atoms with E-state index in [2.05, 4.69) is 33.4 Å². The lowest BCUT2D eigenvalue weighted by atomic mass is 9.55. The SMILES string of the molecule is C=C(C)[C@@H]1CC=C2c3sc(C4CCOCC4)nc3CC(CC)C2(CC)C1. The van der Waals surface area contributed by atoms with Crippen LogP contribution in [0, 0.1) is 17.3 Å². The summed E-state index contributed by atoms with van der Waals surface area (Å²) >= 11 is 2.01. The van der Waals surface area contributed by atoms with Crippen LogP contribution in [0.2, 0.25) is 0 Å². The number of thiazole rings is 1. The highest BCUT2D eigenvalue weighted by Gasteiger charge is 2.48. The highest BCUT2D eigenvalue weighted by Crippen LogP contribution is 2.59. The van der Waals surface area contributed by atoms with E-state index >= 15 is 0 Å². The zero-order valence-electron chi connectivity index (χ0n) is 16.6. The van der Waals surface area contributed by atoms with Crippen molar-refractivity contribution in [3.05, 3.63) is 33.8 Å². The van der Waals surface area contributed by atoms with Gasteiger partial charge in [-0.15, -0.1) is 11.3 Å². The van der Waals surface area contributed by atoms with Gasteiger partial charge >= 0.3 is 0 Å². The predicted molar refractivity (Wildman–Crippen MR) is 111 cm³/mol. The third kappa shape index (κ3) is 2.92. The van der Waals surface area contributed by atoms with Crippen molar-refractivity contribution < 1.29 is 4.74 Å². The zero-order chi connectivity index (χ0) is 18.3. The first-order valence-electron chi connectivity index (χ1n) is 10.5. The molecule has 0 spiro atoms. The van der Waals surface area contributed by atoms with Gasteiger partial charge in [0.05, 0.1) is 15.6 Å². The summed E-state index contributed by atoms with van der Waals surface area (Å²) < 4.78 is 5.57. The van der Waals surface area contributed by atoms with Crippen molar-refractivity contribution in [2.45, 2.75) is 71.6 Å². The molecule has 0 aromatic carbocycles. The van der Waals surface area contributed by atoms with Crippen LogP contribution in [0.25, 0.3) is 5.57 Å². The van der Waals surface area contributed by atoms with Crippen molar-refractivity contribution in [2.24, 2.45) is 17.3 Å². The molecule has 3 heteroatoms. The molecule has 1 fully saturated rings. The third-order valence-electron chi connectivity index (χ3n) is 7.32. The third-order valence-corrected chi connectivity index (χ3v) is 8.62. The number of hydrogen-bond donors (Lipinski definition) is 0. The second-order valence-corrected chi connectivity index (χ2v) is 9.67. The standard InChI is InChI=1S/C23H33NOS/c1-5-18-13-20-21(26-22(24-20)16-9-11-25-12-10-16)19-8-7-17(15(3)4)14-23(18,19)6-2/h8,16-18H,3,5-7,9-14H2,1-2,4H3/t17-,18?,23?/m1/s1. The first kappa shape index (κ1) is 18.4. The average Bonchev–Trinajstić information content (AvgIpc) is 3.11. The Kier molecular flexibility index (Phi) is 5.13. The van der Waals surface area contributed by atoms with E-state index in [1.165, 1.54) is 46.8 Å². The Morgan fingerprint density at radius 3 is 2.77 bits per heavy atom. The molecule has 4 rings (SSSR count). The van der Waals surface area contributed by atoms with E-state index in [1.54, 1.807) is 5.57 Å². The fraction of sp³-hybridized carbons (Fsp3) is 0.696. The van der Waals surface area contributed by atoms with E-state index in [0.717, 1.165) is 38.4 Å². The van der Waals surface area contributed by atoms with Crippen LogP contribution in [-0.2, 0) is 11.2 Å². The van der Waals surface area contributed by atoms with Crippen molar-refractivity contribution >= 4 is 16.9 Å². The molecule has 0 saturated carbocycles. The molecule has 0 bridgehead atoms. The number of hydrogen-bond acceptors (Lipinski definition) is 3. The van der Waals surface area contributed by atoms with Gasteiger partial charge in [0.15, 0.2) is 0 Å². The summed E-state index contributed by atoms with van der Waals surface area (Å²) in [5.41, 5.74) is 4.73. The molecule has 3 atom stereocenters. The molecule has 2 heterocycles. The van der Waals surface area contributed by atoms with Gasteiger partial charge in [-0.1, -0.05) is 38.5 Å². The van der Waals surface area contributed by atoms with Crippen molar-refractivity contribution in [1.29, 1.82) is 0 Å². The average molecular weight is 372 g/mol. The Morgan fingerprint density at radius 1 is 1.35 bits per heavy atom. The van der Waals surface area contributed by atoms with Gasteiger partial charge in [-0.2, -0.15) is 0 Å². The monoisotopic (exact) mass is 371 g/mol. The summed E-state index contributed by atoms with van der Waals surface area (Å²) in [6, 6.07) is 0. The molecule has 0 radical (unpaired) electrons. The van der Waals surface area contributed by atoms with Crippen LogP contribution >= 0.6 is 11.3 Å². The van der Waals surface area contributed by atoms with Gasteiger partial charge < -0.3 is 4.74 Å². The van der Waals surface area contributed by atoms with Crippen LogP contribution in [0.5, 0.6) is 0 Å². The number of fused-ring (bicyclic) bond motifs is 3. The van der Waals surface area contributed by atoms with Crippen LogP contribution in [0.3, 0.4) is 0 Å². The molecule has 1 aromatic rings. The van der Waals surface area contributed by atoms with Gasteiger partial charge in [0, 0.05) is 19.1 Å². The molecular formula is C23H33NOS. The number of aromatic nitrogens is 1. The maximum absolute atomic E-state index is 5.57. The molecule has 1 aliphatic heterocycles. The summed E-state index contributed by atoms with van der Waals surface area (Å²) in [5.74, 6) is 1.98. The predicted octanol–water partition coefficient (Wildman–Crippen LogP) is 6.39. The number of nitrogens with zero attached hydrogens (tertiary/aromatic N) is 1. The fourth-order valence-corrected chi connectivity index (χ4v) is 7.01. The Balaban J connectivity index is 1.75. The van der Waals surface area contributed by atoms with E-state index in [4.69, 9.17) is 9.72 Å². The molecular weight excluding hydrogens is 338 g/mol. The molecule has 2 nitrogen and oxygen atoms in total. The molecule has 142 valence electrons. The molecule has 3 aliphatic rings. The molecule has 1 saturated heterocycles. The van der Waals surface area contributed by atoms with E-state index in [1.807, 2.05) is 11.3 Å². The minimum absolute atomic E-state index is 0.336. The minimum Gasteiger partial charge on any atom is -0.381 e. The summed E-state index contributed by atoms with van der Waals surface area (Å²) in [5, 5.41) is 1.38. The molecule has 26 heavy (non-hydrogen) atoms. The van der Waals surface area contributed by atoms with E-state index in [0.29, 0.717) is 17.3 Å². The second kappa shape index (κ2) is 7.24. The van der Waals surface area contributed by atoms with E-state index in [-0.39, 0.29) is 0 Å².